The first-order valence-corrected chi connectivity index (χ1v) is 5.53. The summed E-state index contributed by atoms with van der Waals surface area (Å²) >= 11 is 0. The number of hydrogen-bond donors (Lipinski definition) is 1. The molecule has 0 aliphatic heterocycles. The zero-order valence-corrected chi connectivity index (χ0v) is 10.7. The van der Waals surface area contributed by atoms with E-state index in [1.165, 1.54) is 7.11 Å². The molecular formula is C13H19NO3. The standard InChI is InChI=1S/C13H19NO3/c1-9-7-11(5-6-12(9)16-3)8-14-10(2)13(15)17-4/h5-7,10,14H,8H2,1-4H3. The molecule has 0 saturated carbocycles. The lowest BCUT2D eigenvalue weighted by Gasteiger charge is -2.12. The number of aryl methyl sites for hydroxylation is 1. The lowest BCUT2D eigenvalue weighted by molar-refractivity contribution is -0.142. The van der Waals surface area contributed by atoms with Gasteiger partial charge in [-0.3, -0.25) is 4.79 Å². The van der Waals surface area contributed by atoms with E-state index >= 15 is 0 Å². The predicted octanol–water partition coefficient (Wildman–Crippen LogP) is 1.65. The van der Waals surface area contributed by atoms with E-state index in [2.05, 4.69) is 10.1 Å². The molecule has 0 amide bonds. The molecule has 1 N–H and O–H groups in total. The highest BCUT2D eigenvalue weighted by atomic mass is 16.5. The monoisotopic (exact) mass is 237 g/mol. The van der Waals surface area contributed by atoms with E-state index in [9.17, 15) is 4.79 Å². The molecule has 0 aliphatic rings. The van der Waals surface area contributed by atoms with Crippen LogP contribution in [0.25, 0.3) is 0 Å². The van der Waals surface area contributed by atoms with Gasteiger partial charge in [-0.1, -0.05) is 12.1 Å². The molecule has 0 heterocycles. The summed E-state index contributed by atoms with van der Waals surface area (Å²) in [5.41, 5.74) is 2.19. The van der Waals surface area contributed by atoms with Crippen LogP contribution in [0.5, 0.6) is 5.75 Å². The molecule has 0 bridgehead atoms. The van der Waals surface area contributed by atoms with Crippen molar-refractivity contribution >= 4 is 5.97 Å². The second kappa shape index (κ2) is 6.25. The number of benzene rings is 1. The molecule has 17 heavy (non-hydrogen) atoms. The number of esters is 1. The average molecular weight is 237 g/mol. The third-order valence-electron chi connectivity index (χ3n) is 2.63. The van der Waals surface area contributed by atoms with Gasteiger partial charge in [0, 0.05) is 6.54 Å². The smallest absolute Gasteiger partial charge is 0.322 e. The minimum Gasteiger partial charge on any atom is -0.496 e. The zero-order chi connectivity index (χ0) is 12.8. The van der Waals surface area contributed by atoms with Crippen molar-refractivity contribution in [1.82, 2.24) is 5.32 Å². The maximum Gasteiger partial charge on any atom is 0.322 e. The highest BCUT2D eigenvalue weighted by molar-refractivity contribution is 5.75. The number of hydrogen-bond acceptors (Lipinski definition) is 4. The second-order valence-electron chi connectivity index (χ2n) is 3.93. The van der Waals surface area contributed by atoms with Crippen LogP contribution in [-0.4, -0.2) is 26.2 Å². The van der Waals surface area contributed by atoms with Crippen molar-refractivity contribution in [2.75, 3.05) is 14.2 Å². The van der Waals surface area contributed by atoms with Crippen LogP contribution < -0.4 is 10.1 Å². The third-order valence-corrected chi connectivity index (χ3v) is 2.63. The Morgan fingerprint density at radius 2 is 2.12 bits per heavy atom. The number of rotatable bonds is 5. The van der Waals surface area contributed by atoms with Gasteiger partial charge in [-0.05, 0) is 31.0 Å². The van der Waals surface area contributed by atoms with Crippen LogP contribution in [0.15, 0.2) is 18.2 Å². The molecule has 0 saturated heterocycles. The maximum atomic E-state index is 11.2. The first-order valence-electron chi connectivity index (χ1n) is 5.53. The summed E-state index contributed by atoms with van der Waals surface area (Å²) in [5.74, 6) is 0.616. The second-order valence-corrected chi connectivity index (χ2v) is 3.93. The number of ether oxygens (including phenoxy) is 2. The van der Waals surface area contributed by atoms with Crippen LogP contribution in [0.2, 0.25) is 0 Å². The Balaban J connectivity index is 2.58. The third kappa shape index (κ3) is 3.75. The topological polar surface area (TPSA) is 47.6 Å². The molecule has 0 aromatic heterocycles. The molecule has 1 aromatic rings. The summed E-state index contributed by atoms with van der Waals surface area (Å²) in [4.78, 5) is 11.2. The number of methoxy groups -OCH3 is 2. The molecular weight excluding hydrogens is 218 g/mol. The van der Waals surface area contributed by atoms with E-state index in [4.69, 9.17) is 4.74 Å². The van der Waals surface area contributed by atoms with Crippen molar-refractivity contribution in [2.45, 2.75) is 26.4 Å². The van der Waals surface area contributed by atoms with Crippen molar-refractivity contribution < 1.29 is 14.3 Å². The normalized spacial score (nSPS) is 12.0. The minimum atomic E-state index is -0.303. The Morgan fingerprint density at radius 3 is 2.65 bits per heavy atom. The van der Waals surface area contributed by atoms with Gasteiger partial charge in [-0.25, -0.2) is 0 Å². The quantitative estimate of drug-likeness (QED) is 0.791. The number of carbonyl (C=O) groups excluding carboxylic acids is 1. The molecule has 4 heteroatoms. The van der Waals surface area contributed by atoms with Crippen molar-refractivity contribution in [3.05, 3.63) is 29.3 Å². The summed E-state index contributed by atoms with van der Waals surface area (Å²) in [6.45, 7) is 4.40. The highest BCUT2D eigenvalue weighted by Crippen LogP contribution is 2.18. The van der Waals surface area contributed by atoms with Gasteiger partial charge in [0.15, 0.2) is 0 Å². The molecule has 1 aromatic carbocycles. The van der Waals surface area contributed by atoms with E-state index < -0.39 is 0 Å². The summed E-state index contributed by atoms with van der Waals surface area (Å²) < 4.78 is 9.83. The molecule has 0 fully saturated rings. The van der Waals surface area contributed by atoms with E-state index in [1.54, 1.807) is 14.0 Å². The van der Waals surface area contributed by atoms with Gasteiger partial charge in [-0.15, -0.1) is 0 Å². The van der Waals surface area contributed by atoms with Gasteiger partial charge in [0.25, 0.3) is 0 Å². The molecule has 0 aliphatic carbocycles. The maximum absolute atomic E-state index is 11.2. The van der Waals surface area contributed by atoms with Gasteiger partial charge in [0.05, 0.1) is 14.2 Å². The summed E-state index contributed by atoms with van der Waals surface area (Å²) in [6.07, 6.45) is 0. The Bertz CT molecular complexity index is 390. The van der Waals surface area contributed by atoms with Crippen molar-refractivity contribution in [2.24, 2.45) is 0 Å². The Labute approximate surface area is 102 Å². The Morgan fingerprint density at radius 1 is 1.41 bits per heavy atom. The fraction of sp³-hybridized carbons (Fsp3) is 0.462. The van der Waals surface area contributed by atoms with Crippen molar-refractivity contribution in [3.8, 4) is 5.75 Å². The predicted molar refractivity (Wildman–Crippen MR) is 66.0 cm³/mol. The van der Waals surface area contributed by atoms with E-state index in [0.29, 0.717) is 6.54 Å². The van der Waals surface area contributed by atoms with Crippen LogP contribution in [-0.2, 0) is 16.1 Å². The van der Waals surface area contributed by atoms with Crippen molar-refractivity contribution in [1.29, 1.82) is 0 Å². The molecule has 1 atom stereocenters. The van der Waals surface area contributed by atoms with Crippen LogP contribution in [0.3, 0.4) is 0 Å². The lowest BCUT2D eigenvalue weighted by atomic mass is 10.1. The summed E-state index contributed by atoms with van der Waals surface area (Å²) in [5, 5.41) is 3.10. The largest absolute Gasteiger partial charge is 0.496 e. The highest BCUT2D eigenvalue weighted by Gasteiger charge is 2.11. The van der Waals surface area contributed by atoms with Crippen LogP contribution in [0.4, 0.5) is 0 Å². The molecule has 0 spiro atoms. The molecule has 1 rings (SSSR count). The molecule has 0 radical (unpaired) electrons. The van der Waals surface area contributed by atoms with Crippen LogP contribution >= 0.6 is 0 Å². The SMILES string of the molecule is COC(=O)C(C)NCc1ccc(OC)c(C)c1. The van der Waals surface area contributed by atoms with Crippen LogP contribution in [0, 0.1) is 6.92 Å². The first-order chi connectivity index (χ1) is 8.08. The Kier molecular flexibility index (Phi) is 4.97. The number of nitrogens with one attached hydrogen (secondary N) is 1. The van der Waals surface area contributed by atoms with Gasteiger partial charge in [0.2, 0.25) is 0 Å². The van der Waals surface area contributed by atoms with Gasteiger partial charge in [-0.2, -0.15) is 0 Å². The van der Waals surface area contributed by atoms with Gasteiger partial charge in [0.1, 0.15) is 11.8 Å². The zero-order valence-electron chi connectivity index (χ0n) is 10.7. The molecule has 94 valence electrons. The van der Waals surface area contributed by atoms with Crippen molar-refractivity contribution in [3.63, 3.8) is 0 Å². The summed E-state index contributed by atoms with van der Waals surface area (Å²) in [6, 6.07) is 5.63. The van der Waals surface area contributed by atoms with E-state index in [-0.39, 0.29) is 12.0 Å². The van der Waals surface area contributed by atoms with Crippen LogP contribution in [0.1, 0.15) is 18.1 Å². The Hall–Kier alpha value is -1.55. The van der Waals surface area contributed by atoms with Gasteiger partial charge < -0.3 is 14.8 Å². The van der Waals surface area contributed by atoms with Gasteiger partial charge >= 0.3 is 5.97 Å². The summed E-state index contributed by atoms with van der Waals surface area (Å²) in [7, 11) is 3.04. The van der Waals surface area contributed by atoms with E-state index in [1.807, 2.05) is 25.1 Å². The van der Waals surface area contributed by atoms with E-state index in [0.717, 1.165) is 16.9 Å². The fourth-order valence-corrected chi connectivity index (χ4v) is 1.58. The molecule has 4 nitrogen and oxygen atoms in total. The number of carbonyl (C=O) groups is 1. The molecule has 1 unspecified atom stereocenters. The lowest BCUT2D eigenvalue weighted by Crippen LogP contribution is -2.34. The average Bonchev–Trinajstić information content (AvgIpc) is 2.35. The first kappa shape index (κ1) is 13.5. The minimum absolute atomic E-state index is 0.254. The fourth-order valence-electron chi connectivity index (χ4n) is 1.58.